The molecule has 11 heteroatoms. The highest BCUT2D eigenvalue weighted by atomic mass is 16.5. The number of hydrogen-bond acceptors (Lipinski definition) is 6. The summed E-state index contributed by atoms with van der Waals surface area (Å²) in [7, 11) is 1.60. The van der Waals surface area contributed by atoms with Gasteiger partial charge in [-0.2, -0.15) is 0 Å². The second-order valence-corrected chi connectivity index (χ2v) is 13.1. The third-order valence-corrected chi connectivity index (χ3v) is 9.82. The minimum atomic E-state index is -0.675. The number of rotatable bonds is 13. The van der Waals surface area contributed by atoms with E-state index in [-0.39, 0.29) is 66.5 Å². The highest BCUT2D eigenvalue weighted by Crippen LogP contribution is 2.49. The van der Waals surface area contributed by atoms with Gasteiger partial charge in [0.2, 0.25) is 23.6 Å². The first-order valence-corrected chi connectivity index (χ1v) is 17.0. The first-order chi connectivity index (χ1) is 23.8. The summed E-state index contributed by atoms with van der Waals surface area (Å²) in [5.74, 6) is -1.61. The smallest absolute Gasteiger partial charge is 0.407 e. The highest BCUT2D eigenvalue weighted by molar-refractivity contribution is 5.92. The molecule has 1 aliphatic heterocycles. The van der Waals surface area contributed by atoms with Gasteiger partial charge in [0, 0.05) is 25.4 Å². The fourth-order valence-corrected chi connectivity index (χ4v) is 7.05. The molecule has 3 aliphatic rings. The Hall–Kier alpha value is -5.19. The highest BCUT2D eigenvalue weighted by Gasteiger charge is 2.52. The molecule has 3 aromatic rings. The minimum absolute atomic E-state index is 0.0312. The van der Waals surface area contributed by atoms with Crippen molar-refractivity contribution in [3.05, 3.63) is 108 Å². The van der Waals surface area contributed by atoms with Crippen LogP contribution in [-0.4, -0.2) is 60.8 Å². The average molecular weight is 666 g/mol. The van der Waals surface area contributed by atoms with Crippen molar-refractivity contribution in [2.75, 3.05) is 20.1 Å². The van der Waals surface area contributed by atoms with Crippen LogP contribution < -0.4 is 21.3 Å². The first-order valence-electron chi connectivity index (χ1n) is 17.0. The zero-order chi connectivity index (χ0) is 34.3. The Bertz CT molecular complexity index is 1640. The van der Waals surface area contributed by atoms with Crippen molar-refractivity contribution in [2.45, 2.75) is 50.4 Å². The third-order valence-electron chi connectivity index (χ3n) is 9.82. The summed E-state index contributed by atoms with van der Waals surface area (Å²) in [5, 5.41) is 11.4. The number of amides is 5. The predicted molar refractivity (Wildman–Crippen MR) is 181 cm³/mol. The zero-order valence-electron chi connectivity index (χ0n) is 27.5. The van der Waals surface area contributed by atoms with Crippen molar-refractivity contribution in [3.63, 3.8) is 0 Å². The Kier molecular flexibility index (Phi) is 10.6. The summed E-state index contributed by atoms with van der Waals surface area (Å²) < 4.78 is 5.49. The third kappa shape index (κ3) is 8.28. The van der Waals surface area contributed by atoms with Gasteiger partial charge in [0.15, 0.2) is 0 Å². The number of nitrogens with one attached hydrogen (secondary N) is 4. The van der Waals surface area contributed by atoms with Crippen LogP contribution in [0.2, 0.25) is 0 Å². The molecule has 49 heavy (non-hydrogen) atoms. The van der Waals surface area contributed by atoms with Gasteiger partial charge in [-0.05, 0) is 54.2 Å². The monoisotopic (exact) mass is 665 g/mol. The molecular formula is C38H43N5O6. The van der Waals surface area contributed by atoms with E-state index < -0.39 is 18.2 Å². The predicted octanol–water partition coefficient (Wildman–Crippen LogP) is 3.64. The first kappa shape index (κ1) is 33.7. The van der Waals surface area contributed by atoms with Gasteiger partial charge in [-0.25, -0.2) is 4.79 Å². The van der Waals surface area contributed by atoms with Crippen molar-refractivity contribution < 1.29 is 28.7 Å². The number of carbonyl (C=O) groups excluding carboxylic acids is 5. The molecule has 1 heterocycles. The fourth-order valence-electron chi connectivity index (χ4n) is 7.05. The Morgan fingerprint density at radius 2 is 1.33 bits per heavy atom. The SMILES string of the molecule is CNC(=O)[C@@H]1C[C@H]1[C@@H](NC(=O)CNC(=O)C1CCCN1C(=O)[C@@H]1C[C@H]1[C@@H](NC(=O)OCc1ccccc1)c1ccccc1)c1ccccc1. The summed E-state index contributed by atoms with van der Waals surface area (Å²) in [4.78, 5) is 66.9. The lowest BCUT2D eigenvalue weighted by Gasteiger charge is -2.25. The summed E-state index contributed by atoms with van der Waals surface area (Å²) in [6.07, 6.45) is 1.86. The molecule has 4 N–H and O–H groups in total. The normalized spacial score (nSPS) is 23.4. The molecule has 1 saturated heterocycles. The number of likely N-dealkylation sites (tertiary alicyclic amines) is 1. The van der Waals surface area contributed by atoms with Crippen LogP contribution in [0.5, 0.6) is 0 Å². The molecule has 1 unspecified atom stereocenters. The molecular weight excluding hydrogens is 622 g/mol. The van der Waals surface area contributed by atoms with E-state index in [1.54, 1.807) is 11.9 Å². The van der Waals surface area contributed by atoms with Crippen LogP contribution in [0.25, 0.3) is 0 Å². The Morgan fingerprint density at radius 1 is 0.755 bits per heavy atom. The van der Waals surface area contributed by atoms with Crippen LogP contribution in [-0.2, 0) is 30.5 Å². The van der Waals surface area contributed by atoms with Crippen LogP contribution in [0.4, 0.5) is 4.79 Å². The van der Waals surface area contributed by atoms with Crippen molar-refractivity contribution in [1.29, 1.82) is 0 Å². The van der Waals surface area contributed by atoms with Crippen molar-refractivity contribution in [1.82, 2.24) is 26.2 Å². The molecule has 3 fully saturated rings. The van der Waals surface area contributed by atoms with E-state index in [1.165, 1.54) is 0 Å². The number of nitrogens with zero attached hydrogens (tertiary/aromatic N) is 1. The van der Waals surface area contributed by atoms with Crippen LogP contribution in [0.15, 0.2) is 91.0 Å². The molecule has 11 nitrogen and oxygen atoms in total. The van der Waals surface area contributed by atoms with Gasteiger partial charge in [0.1, 0.15) is 12.6 Å². The summed E-state index contributed by atoms with van der Waals surface area (Å²) >= 11 is 0. The van der Waals surface area contributed by atoms with Crippen molar-refractivity contribution >= 4 is 29.7 Å². The Balaban J connectivity index is 1.03. The molecule has 0 radical (unpaired) electrons. The fraction of sp³-hybridized carbons (Fsp3) is 0.395. The minimum Gasteiger partial charge on any atom is -0.445 e. The maximum atomic E-state index is 13.8. The molecule has 2 aliphatic carbocycles. The van der Waals surface area contributed by atoms with Crippen LogP contribution in [0, 0.1) is 23.7 Å². The summed E-state index contributed by atoms with van der Waals surface area (Å²) in [6, 6.07) is 27.0. The number of carbonyl (C=O) groups is 5. The standard InChI is InChI=1S/C38H43N5O6/c1-39-35(45)29-20-27(29)33(25-14-7-3-8-15-25)41-32(44)22-40-36(46)31-18-11-19-43(31)37(47)30-21-28(30)34(26-16-9-4-10-17-26)42-38(48)49-23-24-12-5-2-6-13-24/h2-10,12-17,27-31,33-34H,11,18-23H2,1H3,(H,39,45)(H,40,46)(H,41,44)(H,42,48)/t27-,28-,29-,30-,31?,33+,34+/m1/s1. The van der Waals surface area contributed by atoms with Gasteiger partial charge < -0.3 is 30.9 Å². The van der Waals surface area contributed by atoms with Crippen molar-refractivity contribution in [2.24, 2.45) is 23.7 Å². The zero-order valence-corrected chi connectivity index (χ0v) is 27.5. The number of ether oxygens (including phenoxy) is 1. The lowest BCUT2D eigenvalue weighted by atomic mass is 10.0. The van der Waals surface area contributed by atoms with E-state index in [9.17, 15) is 24.0 Å². The van der Waals surface area contributed by atoms with E-state index in [0.717, 1.165) is 16.7 Å². The average Bonchev–Trinajstić information content (AvgIpc) is 4.06. The van der Waals surface area contributed by atoms with E-state index >= 15 is 0 Å². The lowest BCUT2D eigenvalue weighted by molar-refractivity contribution is -0.140. The lowest BCUT2D eigenvalue weighted by Crippen LogP contribution is -2.49. The second kappa shape index (κ2) is 15.4. The Morgan fingerprint density at radius 3 is 1.96 bits per heavy atom. The van der Waals surface area contributed by atoms with Crippen LogP contribution >= 0.6 is 0 Å². The molecule has 2 saturated carbocycles. The molecule has 6 rings (SSSR count). The molecule has 0 spiro atoms. The number of alkyl carbamates (subject to hydrolysis) is 1. The van der Waals surface area contributed by atoms with Gasteiger partial charge in [-0.15, -0.1) is 0 Å². The summed E-state index contributed by atoms with van der Waals surface area (Å²) in [5.41, 5.74) is 2.65. The number of hydrogen-bond donors (Lipinski definition) is 4. The molecule has 3 aromatic carbocycles. The topological polar surface area (TPSA) is 146 Å². The van der Waals surface area contributed by atoms with Crippen LogP contribution in [0.3, 0.4) is 0 Å². The van der Waals surface area contributed by atoms with Crippen LogP contribution in [0.1, 0.15) is 54.5 Å². The maximum Gasteiger partial charge on any atom is 0.407 e. The van der Waals surface area contributed by atoms with E-state index in [2.05, 4.69) is 21.3 Å². The summed E-state index contributed by atoms with van der Waals surface area (Å²) in [6.45, 7) is 0.344. The molecule has 5 amide bonds. The van der Waals surface area contributed by atoms with Crippen molar-refractivity contribution in [3.8, 4) is 0 Å². The molecule has 7 atom stereocenters. The van der Waals surface area contributed by atoms with Gasteiger partial charge in [-0.1, -0.05) is 91.0 Å². The molecule has 256 valence electrons. The van der Waals surface area contributed by atoms with E-state index in [1.807, 2.05) is 91.0 Å². The van der Waals surface area contributed by atoms with E-state index in [4.69, 9.17) is 4.74 Å². The number of benzene rings is 3. The van der Waals surface area contributed by atoms with Gasteiger partial charge in [0.05, 0.1) is 18.6 Å². The Labute approximate surface area is 286 Å². The second-order valence-electron chi connectivity index (χ2n) is 13.1. The van der Waals surface area contributed by atoms with Gasteiger partial charge >= 0.3 is 6.09 Å². The van der Waals surface area contributed by atoms with Gasteiger partial charge in [0.25, 0.3) is 0 Å². The quantitative estimate of drug-likeness (QED) is 0.219. The maximum absolute atomic E-state index is 13.8. The molecule has 0 aromatic heterocycles. The largest absolute Gasteiger partial charge is 0.445 e. The van der Waals surface area contributed by atoms with E-state index in [0.29, 0.717) is 32.2 Å². The molecule has 0 bridgehead atoms. The van der Waals surface area contributed by atoms with Gasteiger partial charge in [-0.3, -0.25) is 19.2 Å².